The van der Waals surface area contributed by atoms with E-state index < -0.39 is 20.8 Å². The van der Waals surface area contributed by atoms with E-state index in [0.29, 0.717) is 0 Å². The third-order valence-electron chi connectivity index (χ3n) is 0. The molecule has 0 aliphatic rings. The van der Waals surface area contributed by atoms with Crippen molar-refractivity contribution >= 4 is 20.8 Å². The van der Waals surface area contributed by atoms with Gasteiger partial charge in [0.05, 0.1) is 0 Å². The molecule has 13 heteroatoms. The summed E-state index contributed by atoms with van der Waals surface area (Å²) < 4.78 is 65.7. The van der Waals surface area contributed by atoms with Gasteiger partial charge in [0.15, 0.2) is 0 Å². The van der Waals surface area contributed by atoms with Crippen LogP contribution in [0.15, 0.2) is 0 Å². The fourth-order valence-electron chi connectivity index (χ4n) is 0. The van der Waals surface area contributed by atoms with Crippen molar-refractivity contribution in [1.82, 2.24) is 0 Å². The molecule has 6 N–H and O–H groups in total. The van der Waals surface area contributed by atoms with Crippen LogP contribution in [0.2, 0.25) is 0 Å². The Bertz CT molecular complexity index is 209. The van der Waals surface area contributed by atoms with E-state index in [1.54, 1.807) is 0 Å². The molecule has 0 aliphatic heterocycles. The number of hydrogen-bond donors (Lipinski definition) is 2. The van der Waals surface area contributed by atoms with Crippen LogP contribution < -0.4 is 0 Å². The predicted octanol–water partition coefficient (Wildman–Crippen LogP) is -3.64. The van der Waals surface area contributed by atoms with Crippen LogP contribution in [-0.2, 0) is 42.5 Å². The van der Waals surface area contributed by atoms with Crippen molar-refractivity contribution in [2.24, 2.45) is 0 Å². The molecule has 0 atom stereocenters. The summed E-state index contributed by atoms with van der Waals surface area (Å²) in [5.41, 5.74) is 0. The SMILES string of the molecule is O.O.O=S(=O)([O-])O.O=S(=O)([O-])O.[Ti+2]. The monoisotopic (exact) mass is 278 g/mol. The minimum atomic E-state index is -4.92. The van der Waals surface area contributed by atoms with Crippen LogP contribution in [0.1, 0.15) is 0 Å². The zero-order valence-corrected chi connectivity index (χ0v) is 8.85. The van der Waals surface area contributed by atoms with Crippen LogP contribution in [0.3, 0.4) is 0 Å². The van der Waals surface area contributed by atoms with E-state index in [0.717, 1.165) is 0 Å². The summed E-state index contributed by atoms with van der Waals surface area (Å²) in [5, 5.41) is 0. The average Bonchev–Trinajstić information content (AvgIpc) is 1.12. The van der Waals surface area contributed by atoms with E-state index >= 15 is 0 Å². The molecule has 0 spiro atoms. The van der Waals surface area contributed by atoms with Crippen molar-refractivity contribution < 1.29 is 67.7 Å². The van der Waals surface area contributed by atoms with Gasteiger partial charge in [-0.15, -0.1) is 0 Å². The molecule has 0 bridgehead atoms. The van der Waals surface area contributed by atoms with Crippen LogP contribution in [0.25, 0.3) is 0 Å². The molecule has 0 aromatic heterocycles. The van der Waals surface area contributed by atoms with Crippen LogP contribution in [0, 0.1) is 0 Å². The molecule has 0 rings (SSSR count). The predicted molar refractivity (Wildman–Crippen MR) is 31.9 cm³/mol. The van der Waals surface area contributed by atoms with Crippen molar-refractivity contribution in [3.63, 3.8) is 0 Å². The number of hydrogen-bond acceptors (Lipinski definition) is 6. The molecule has 0 radical (unpaired) electrons. The maximum Gasteiger partial charge on any atom is 2.00 e. The minimum absolute atomic E-state index is 0. The molecule has 0 saturated heterocycles. The van der Waals surface area contributed by atoms with Gasteiger partial charge >= 0.3 is 21.7 Å². The Morgan fingerprint density at radius 3 is 0.769 bits per heavy atom. The van der Waals surface area contributed by atoms with Crippen molar-refractivity contribution in [3.05, 3.63) is 0 Å². The van der Waals surface area contributed by atoms with Gasteiger partial charge in [0.25, 0.3) is 0 Å². The third kappa shape index (κ3) is 9510. The molecule has 0 aromatic rings. The van der Waals surface area contributed by atoms with Gasteiger partial charge in [-0.05, 0) is 0 Å². The van der Waals surface area contributed by atoms with E-state index in [4.69, 9.17) is 35.0 Å². The Kier molecular flexibility index (Phi) is 23.5. The molecule has 10 nitrogen and oxygen atoms in total. The van der Waals surface area contributed by atoms with Gasteiger partial charge in [-0.3, -0.25) is 9.11 Å². The quantitative estimate of drug-likeness (QED) is 0.255. The zero-order chi connectivity index (χ0) is 9.00. The second-order valence-corrected chi connectivity index (χ2v) is 2.57. The molecule has 0 saturated carbocycles. The van der Waals surface area contributed by atoms with Gasteiger partial charge < -0.3 is 20.1 Å². The van der Waals surface area contributed by atoms with E-state index in [2.05, 4.69) is 0 Å². The van der Waals surface area contributed by atoms with Gasteiger partial charge in [-0.1, -0.05) is 0 Å². The Morgan fingerprint density at radius 1 is 0.769 bits per heavy atom. The van der Waals surface area contributed by atoms with E-state index in [-0.39, 0.29) is 32.7 Å². The maximum absolute atomic E-state index is 8.63. The minimum Gasteiger partial charge on any atom is -0.726 e. The van der Waals surface area contributed by atoms with Crippen molar-refractivity contribution in [3.8, 4) is 0 Å². The van der Waals surface area contributed by atoms with Crippen molar-refractivity contribution in [1.29, 1.82) is 0 Å². The van der Waals surface area contributed by atoms with E-state index in [9.17, 15) is 0 Å². The van der Waals surface area contributed by atoms with Gasteiger partial charge in [0, 0.05) is 0 Å². The second-order valence-electron chi connectivity index (χ2n) is 0.855. The van der Waals surface area contributed by atoms with Crippen molar-refractivity contribution in [2.45, 2.75) is 0 Å². The normalized spacial score (nSPS) is 8.92. The molecule has 0 fully saturated rings. The molecular weight excluding hydrogens is 272 g/mol. The molecule has 13 heavy (non-hydrogen) atoms. The van der Waals surface area contributed by atoms with Gasteiger partial charge in [0.2, 0.25) is 20.8 Å². The largest absolute Gasteiger partial charge is 2.00 e. The smallest absolute Gasteiger partial charge is 0.726 e. The van der Waals surface area contributed by atoms with Gasteiger partial charge in [0.1, 0.15) is 0 Å². The summed E-state index contributed by atoms with van der Waals surface area (Å²) in [5.74, 6) is 0. The Labute approximate surface area is 88.6 Å². The fourth-order valence-corrected chi connectivity index (χ4v) is 0. The first-order chi connectivity index (χ1) is 4.00. The first-order valence-corrected chi connectivity index (χ1v) is 4.10. The van der Waals surface area contributed by atoms with E-state index in [1.165, 1.54) is 0 Å². The summed E-state index contributed by atoms with van der Waals surface area (Å²) >= 11 is 0. The fraction of sp³-hybridized carbons (Fsp3) is 0. The molecule has 0 aromatic carbocycles. The Morgan fingerprint density at radius 2 is 0.769 bits per heavy atom. The van der Waals surface area contributed by atoms with Gasteiger partial charge in [-0.25, -0.2) is 16.8 Å². The maximum atomic E-state index is 8.63. The summed E-state index contributed by atoms with van der Waals surface area (Å²) in [6, 6.07) is 0. The van der Waals surface area contributed by atoms with Crippen LogP contribution in [-0.4, -0.2) is 46.0 Å². The van der Waals surface area contributed by atoms with Crippen LogP contribution >= 0.6 is 0 Å². The Hall–Kier alpha value is 0.374. The first kappa shape index (κ1) is 29.2. The first-order valence-electron chi connectivity index (χ1n) is 1.37. The Balaban J connectivity index is -0.0000000267. The summed E-state index contributed by atoms with van der Waals surface area (Å²) in [7, 11) is -9.83. The molecular formula is H6O10S2Ti. The standard InChI is InChI=1S/2H2O4S.2H2O.Ti/c2*1-5(2,3)4;;;/h2*(H2,1,2,3,4);2*1H2;/q;;;;+2/p-2. The molecule has 0 heterocycles. The van der Waals surface area contributed by atoms with E-state index in [1.807, 2.05) is 0 Å². The van der Waals surface area contributed by atoms with Gasteiger partial charge in [-0.2, -0.15) is 0 Å². The molecule has 0 aliphatic carbocycles. The summed E-state index contributed by atoms with van der Waals surface area (Å²) in [6.07, 6.45) is 0. The van der Waals surface area contributed by atoms with Crippen LogP contribution in [0.5, 0.6) is 0 Å². The molecule has 0 unspecified atom stereocenters. The third-order valence-corrected chi connectivity index (χ3v) is 0. The summed E-state index contributed by atoms with van der Waals surface area (Å²) in [6.45, 7) is 0. The topological polar surface area (TPSA) is 218 Å². The number of rotatable bonds is 0. The average molecular weight is 278 g/mol. The zero-order valence-electron chi connectivity index (χ0n) is 5.66. The van der Waals surface area contributed by atoms with Crippen LogP contribution in [0.4, 0.5) is 0 Å². The van der Waals surface area contributed by atoms with Crippen molar-refractivity contribution in [2.75, 3.05) is 0 Å². The molecule has 0 amide bonds. The summed E-state index contributed by atoms with van der Waals surface area (Å²) in [4.78, 5) is 0. The second kappa shape index (κ2) is 10.5. The molecule has 82 valence electrons.